The SMILES string of the molecule is C#CCOCCOCCOCCOCCOCCOCCOCCOCCN1CCN(C2CCCC2)CC1. The van der Waals surface area contributed by atoms with Crippen LogP contribution in [0.4, 0.5) is 0 Å². The molecule has 0 aromatic carbocycles. The van der Waals surface area contributed by atoms with Gasteiger partial charge in [0.25, 0.3) is 0 Å². The van der Waals surface area contributed by atoms with E-state index in [1.165, 1.54) is 51.9 Å². The second-order valence-corrected chi connectivity index (χ2v) is 9.36. The molecular weight excluding hydrogens is 492 g/mol. The van der Waals surface area contributed by atoms with Gasteiger partial charge >= 0.3 is 0 Å². The average Bonchev–Trinajstić information content (AvgIpc) is 3.49. The summed E-state index contributed by atoms with van der Waals surface area (Å²) < 4.78 is 43.6. The van der Waals surface area contributed by atoms with Crippen LogP contribution in [-0.4, -0.2) is 154 Å². The highest BCUT2D eigenvalue weighted by molar-refractivity contribution is 4.83. The molecule has 0 spiro atoms. The van der Waals surface area contributed by atoms with Crippen molar-refractivity contribution in [2.75, 3.05) is 138 Å². The number of hydrogen-bond acceptors (Lipinski definition) is 10. The predicted molar refractivity (Wildman–Crippen MR) is 146 cm³/mol. The van der Waals surface area contributed by atoms with Crippen LogP contribution < -0.4 is 0 Å². The maximum absolute atomic E-state index is 5.73. The van der Waals surface area contributed by atoms with Crippen molar-refractivity contribution >= 4 is 0 Å². The fourth-order valence-corrected chi connectivity index (χ4v) is 4.49. The normalized spacial score (nSPS) is 17.3. The van der Waals surface area contributed by atoms with Crippen molar-refractivity contribution in [2.45, 2.75) is 31.7 Å². The fraction of sp³-hybridized carbons (Fsp3) is 0.929. The van der Waals surface area contributed by atoms with E-state index in [0.717, 1.165) is 19.2 Å². The van der Waals surface area contributed by atoms with E-state index in [-0.39, 0.29) is 0 Å². The van der Waals surface area contributed by atoms with Gasteiger partial charge in [0.05, 0.1) is 99.1 Å². The number of ether oxygens (including phenoxy) is 8. The second kappa shape index (κ2) is 25.1. The van der Waals surface area contributed by atoms with Crippen LogP contribution in [0.1, 0.15) is 25.7 Å². The van der Waals surface area contributed by atoms with E-state index in [1.807, 2.05) is 0 Å². The summed E-state index contributed by atoms with van der Waals surface area (Å²) in [5.41, 5.74) is 0. The Hall–Kier alpha value is -0.840. The van der Waals surface area contributed by atoms with Gasteiger partial charge in [0.15, 0.2) is 0 Å². The Morgan fingerprint density at radius 3 is 1.26 bits per heavy atom. The molecule has 2 aliphatic rings. The van der Waals surface area contributed by atoms with Gasteiger partial charge in [-0.25, -0.2) is 0 Å². The summed E-state index contributed by atoms with van der Waals surface area (Å²) >= 11 is 0. The highest BCUT2D eigenvalue weighted by Crippen LogP contribution is 2.24. The molecule has 38 heavy (non-hydrogen) atoms. The molecule has 1 aliphatic carbocycles. The van der Waals surface area contributed by atoms with E-state index < -0.39 is 0 Å². The van der Waals surface area contributed by atoms with Crippen molar-refractivity contribution in [1.29, 1.82) is 0 Å². The Kier molecular flexibility index (Phi) is 22.1. The van der Waals surface area contributed by atoms with E-state index >= 15 is 0 Å². The third kappa shape index (κ3) is 18.4. The molecule has 0 aromatic heterocycles. The van der Waals surface area contributed by atoms with Crippen LogP contribution in [0, 0.1) is 12.3 Å². The third-order valence-electron chi connectivity index (χ3n) is 6.59. The van der Waals surface area contributed by atoms with Crippen molar-refractivity contribution in [2.24, 2.45) is 0 Å². The molecule has 0 radical (unpaired) electrons. The Balaban J connectivity index is 1.18. The third-order valence-corrected chi connectivity index (χ3v) is 6.59. The Morgan fingerprint density at radius 1 is 0.500 bits per heavy atom. The minimum absolute atomic E-state index is 0.317. The molecule has 222 valence electrons. The molecule has 0 aromatic rings. The maximum atomic E-state index is 5.73. The largest absolute Gasteiger partial charge is 0.378 e. The number of rotatable bonds is 26. The van der Waals surface area contributed by atoms with E-state index in [2.05, 4.69) is 15.7 Å². The molecule has 0 N–H and O–H groups in total. The second-order valence-electron chi connectivity index (χ2n) is 9.36. The molecule has 0 amide bonds. The van der Waals surface area contributed by atoms with Gasteiger partial charge in [-0.3, -0.25) is 9.80 Å². The van der Waals surface area contributed by atoms with Crippen LogP contribution in [0.2, 0.25) is 0 Å². The molecule has 1 saturated carbocycles. The van der Waals surface area contributed by atoms with Gasteiger partial charge in [-0.15, -0.1) is 6.42 Å². The monoisotopic (exact) mass is 544 g/mol. The van der Waals surface area contributed by atoms with Crippen LogP contribution in [0.3, 0.4) is 0 Å². The summed E-state index contributed by atoms with van der Waals surface area (Å²) in [4.78, 5) is 5.21. The minimum Gasteiger partial charge on any atom is -0.378 e. The molecule has 1 saturated heterocycles. The molecule has 10 nitrogen and oxygen atoms in total. The van der Waals surface area contributed by atoms with Crippen molar-refractivity contribution in [3.8, 4) is 12.3 Å². The summed E-state index contributed by atoms with van der Waals surface area (Å²) in [6.07, 6.45) is 10.7. The lowest BCUT2D eigenvalue weighted by atomic mass is 10.2. The van der Waals surface area contributed by atoms with Gasteiger partial charge in [0.1, 0.15) is 6.61 Å². The van der Waals surface area contributed by atoms with Gasteiger partial charge in [-0.05, 0) is 12.8 Å². The highest BCUT2D eigenvalue weighted by Gasteiger charge is 2.25. The van der Waals surface area contributed by atoms with Crippen molar-refractivity contribution in [3.63, 3.8) is 0 Å². The summed E-state index contributed by atoms with van der Waals surface area (Å²) in [5.74, 6) is 2.40. The van der Waals surface area contributed by atoms with Crippen LogP contribution in [0.25, 0.3) is 0 Å². The first kappa shape index (κ1) is 33.4. The smallest absolute Gasteiger partial charge is 0.107 e. The van der Waals surface area contributed by atoms with E-state index in [1.54, 1.807) is 0 Å². The zero-order valence-corrected chi connectivity index (χ0v) is 23.5. The van der Waals surface area contributed by atoms with Crippen LogP contribution in [0.5, 0.6) is 0 Å². The number of hydrogen-bond donors (Lipinski definition) is 0. The van der Waals surface area contributed by atoms with Gasteiger partial charge in [-0.2, -0.15) is 0 Å². The van der Waals surface area contributed by atoms with Gasteiger partial charge in [0, 0.05) is 38.8 Å². The molecular formula is C28H52N2O8. The quantitative estimate of drug-likeness (QED) is 0.117. The summed E-state index contributed by atoms with van der Waals surface area (Å²) in [6.45, 7) is 14.5. The molecule has 1 aliphatic heterocycles. The van der Waals surface area contributed by atoms with Gasteiger partial charge in [-0.1, -0.05) is 18.8 Å². The molecule has 0 bridgehead atoms. The van der Waals surface area contributed by atoms with Crippen molar-refractivity contribution < 1.29 is 37.9 Å². The zero-order valence-electron chi connectivity index (χ0n) is 23.5. The van der Waals surface area contributed by atoms with Crippen LogP contribution in [-0.2, 0) is 37.9 Å². The Labute approximate surface area is 230 Å². The fourth-order valence-electron chi connectivity index (χ4n) is 4.49. The van der Waals surface area contributed by atoms with Gasteiger partial charge in [0.2, 0.25) is 0 Å². The van der Waals surface area contributed by atoms with Crippen LogP contribution in [0.15, 0.2) is 0 Å². The molecule has 0 unspecified atom stereocenters. The van der Waals surface area contributed by atoms with E-state index in [4.69, 9.17) is 44.3 Å². The minimum atomic E-state index is 0.317. The zero-order chi connectivity index (χ0) is 26.8. The first-order valence-electron chi connectivity index (χ1n) is 14.4. The van der Waals surface area contributed by atoms with Gasteiger partial charge < -0.3 is 37.9 Å². The molecule has 10 heteroatoms. The number of piperazine rings is 1. The Bertz CT molecular complexity index is 551. The lowest BCUT2D eigenvalue weighted by molar-refractivity contribution is -0.0232. The average molecular weight is 545 g/mol. The standard InChI is InChI=1S/C28H52N2O8/c1-2-12-31-14-16-33-18-20-35-22-24-37-26-27-38-25-23-36-21-19-34-17-15-32-13-11-29-7-9-30(10-8-29)28-5-3-4-6-28/h1,28H,3-27H2. The summed E-state index contributed by atoms with van der Waals surface area (Å²) in [5, 5.41) is 0. The molecule has 1 heterocycles. The molecule has 2 fully saturated rings. The first-order chi connectivity index (χ1) is 18.9. The van der Waals surface area contributed by atoms with Crippen molar-refractivity contribution in [1.82, 2.24) is 9.80 Å². The number of nitrogens with zero attached hydrogens (tertiary/aromatic N) is 2. The lowest BCUT2D eigenvalue weighted by Gasteiger charge is -2.38. The highest BCUT2D eigenvalue weighted by atomic mass is 16.6. The number of terminal acetylenes is 1. The molecule has 0 atom stereocenters. The molecule has 2 rings (SSSR count). The van der Waals surface area contributed by atoms with Crippen molar-refractivity contribution in [3.05, 3.63) is 0 Å². The Morgan fingerprint density at radius 2 is 0.868 bits per heavy atom. The van der Waals surface area contributed by atoms with E-state index in [0.29, 0.717) is 99.1 Å². The lowest BCUT2D eigenvalue weighted by Crippen LogP contribution is -2.50. The summed E-state index contributed by atoms with van der Waals surface area (Å²) in [7, 11) is 0. The first-order valence-corrected chi connectivity index (χ1v) is 14.4. The van der Waals surface area contributed by atoms with E-state index in [9.17, 15) is 0 Å². The maximum Gasteiger partial charge on any atom is 0.107 e. The summed E-state index contributed by atoms with van der Waals surface area (Å²) in [6, 6.07) is 0.854. The topological polar surface area (TPSA) is 80.3 Å². The van der Waals surface area contributed by atoms with Crippen LogP contribution >= 0.6 is 0 Å². The predicted octanol–water partition coefficient (Wildman–Crippen LogP) is 1.31.